The average Bonchev–Trinajstić information content (AvgIpc) is 2.20. The van der Waals surface area contributed by atoms with Crippen LogP contribution in [-0.4, -0.2) is 18.3 Å². The number of aliphatic hydroxyl groups excluding tert-OH is 1. The molecule has 0 radical (unpaired) electrons. The zero-order valence-electron chi connectivity index (χ0n) is 8.47. The predicted molar refractivity (Wildman–Crippen MR) is 62.1 cm³/mol. The Morgan fingerprint density at radius 1 is 1.33 bits per heavy atom. The fourth-order valence-corrected chi connectivity index (χ4v) is 1.74. The SMILES string of the molecule is OCCCCNCc1ccc(F)cc1Br. The van der Waals surface area contributed by atoms with Crippen LogP contribution < -0.4 is 5.32 Å². The monoisotopic (exact) mass is 275 g/mol. The van der Waals surface area contributed by atoms with Gasteiger partial charge in [0.2, 0.25) is 0 Å². The van der Waals surface area contributed by atoms with Crippen molar-refractivity contribution in [2.24, 2.45) is 0 Å². The third kappa shape index (κ3) is 4.73. The van der Waals surface area contributed by atoms with E-state index in [1.54, 1.807) is 6.07 Å². The highest BCUT2D eigenvalue weighted by molar-refractivity contribution is 9.10. The molecule has 2 N–H and O–H groups in total. The summed E-state index contributed by atoms with van der Waals surface area (Å²) in [6, 6.07) is 4.68. The number of rotatable bonds is 6. The van der Waals surface area contributed by atoms with Crippen molar-refractivity contribution in [2.75, 3.05) is 13.2 Å². The van der Waals surface area contributed by atoms with Crippen molar-refractivity contribution in [2.45, 2.75) is 19.4 Å². The van der Waals surface area contributed by atoms with Gasteiger partial charge in [-0.3, -0.25) is 0 Å². The summed E-state index contributed by atoms with van der Waals surface area (Å²) in [5, 5.41) is 11.8. The average molecular weight is 276 g/mol. The number of nitrogens with one attached hydrogen (secondary N) is 1. The van der Waals surface area contributed by atoms with Crippen LogP contribution in [0.1, 0.15) is 18.4 Å². The molecular weight excluding hydrogens is 261 g/mol. The van der Waals surface area contributed by atoms with Crippen LogP contribution in [0.15, 0.2) is 22.7 Å². The van der Waals surface area contributed by atoms with E-state index < -0.39 is 0 Å². The summed E-state index contributed by atoms with van der Waals surface area (Å²) in [5.41, 5.74) is 1.04. The van der Waals surface area contributed by atoms with Crippen LogP contribution in [0.2, 0.25) is 0 Å². The van der Waals surface area contributed by atoms with E-state index in [1.807, 2.05) is 0 Å². The van der Waals surface area contributed by atoms with E-state index in [4.69, 9.17) is 5.11 Å². The van der Waals surface area contributed by atoms with E-state index in [2.05, 4.69) is 21.2 Å². The van der Waals surface area contributed by atoms with E-state index in [1.165, 1.54) is 12.1 Å². The molecule has 0 atom stereocenters. The highest BCUT2D eigenvalue weighted by Crippen LogP contribution is 2.17. The minimum Gasteiger partial charge on any atom is -0.396 e. The van der Waals surface area contributed by atoms with E-state index in [0.717, 1.165) is 29.4 Å². The number of unbranched alkanes of at least 4 members (excludes halogenated alkanes) is 1. The molecule has 0 amide bonds. The molecule has 0 saturated heterocycles. The van der Waals surface area contributed by atoms with Crippen LogP contribution >= 0.6 is 15.9 Å². The Labute approximate surface area is 97.6 Å². The quantitative estimate of drug-likeness (QED) is 0.782. The number of hydrogen-bond donors (Lipinski definition) is 2. The molecule has 0 saturated carbocycles. The van der Waals surface area contributed by atoms with Gasteiger partial charge < -0.3 is 10.4 Å². The van der Waals surface area contributed by atoms with Crippen LogP contribution in [0.25, 0.3) is 0 Å². The van der Waals surface area contributed by atoms with Crippen molar-refractivity contribution < 1.29 is 9.50 Å². The van der Waals surface area contributed by atoms with Crippen molar-refractivity contribution in [1.29, 1.82) is 0 Å². The topological polar surface area (TPSA) is 32.3 Å². The van der Waals surface area contributed by atoms with Crippen molar-refractivity contribution >= 4 is 15.9 Å². The van der Waals surface area contributed by atoms with Gasteiger partial charge in [-0.15, -0.1) is 0 Å². The van der Waals surface area contributed by atoms with Crippen LogP contribution in [0.3, 0.4) is 0 Å². The van der Waals surface area contributed by atoms with Gasteiger partial charge in [-0.05, 0) is 37.1 Å². The van der Waals surface area contributed by atoms with Gasteiger partial charge in [-0.2, -0.15) is 0 Å². The summed E-state index contributed by atoms with van der Waals surface area (Å²) < 4.78 is 13.5. The van der Waals surface area contributed by atoms with Gasteiger partial charge in [-0.25, -0.2) is 4.39 Å². The molecule has 0 aliphatic carbocycles. The van der Waals surface area contributed by atoms with E-state index in [0.29, 0.717) is 6.54 Å². The highest BCUT2D eigenvalue weighted by atomic mass is 79.9. The normalized spacial score (nSPS) is 10.6. The molecule has 0 aliphatic rings. The largest absolute Gasteiger partial charge is 0.396 e. The molecule has 84 valence electrons. The summed E-state index contributed by atoms with van der Waals surface area (Å²) in [4.78, 5) is 0. The smallest absolute Gasteiger partial charge is 0.124 e. The van der Waals surface area contributed by atoms with Crippen molar-refractivity contribution in [3.05, 3.63) is 34.1 Å². The lowest BCUT2D eigenvalue weighted by Gasteiger charge is -2.06. The second kappa shape index (κ2) is 6.93. The van der Waals surface area contributed by atoms with Crippen molar-refractivity contribution in [3.8, 4) is 0 Å². The maximum atomic E-state index is 12.8. The van der Waals surface area contributed by atoms with Crippen LogP contribution in [0, 0.1) is 5.82 Å². The molecule has 0 aliphatic heterocycles. The van der Waals surface area contributed by atoms with Gasteiger partial charge >= 0.3 is 0 Å². The fraction of sp³-hybridized carbons (Fsp3) is 0.455. The first-order chi connectivity index (χ1) is 7.24. The Kier molecular flexibility index (Phi) is 5.83. The Hall–Kier alpha value is -0.450. The molecule has 2 nitrogen and oxygen atoms in total. The van der Waals surface area contributed by atoms with Crippen molar-refractivity contribution in [1.82, 2.24) is 5.32 Å². The Morgan fingerprint density at radius 3 is 2.80 bits per heavy atom. The number of aliphatic hydroxyl groups is 1. The van der Waals surface area contributed by atoms with Gasteiger partial charge in [0.15, 0.2) is 0 Å². The van der Waals surface area contributed by atoms with Gasteiger partial charge in [-0.1, -0.05) is 22.0 Å². The molecular formula is C11H15BrFNO. The Bertz CT molecular complexity index is 307. The summed E-state index contributed by atoms with van der Waals surface area (Å²) in [5.74, 6) is -0.231. The minimum absolute atomic E-state index is 0.231. The van der Waals surface area contributed by atoms with Crippen LogP contribution in [0.5, 0.6) is 0 Å². The maximum Gasteiger partial charge on any atom is 0.124 e. The van der Waals surface area contributed by atoms with E-state index in [9.17, 15) is 4.39 Å². The Morgan fingerprint density at radius 2 is 2.13 bits per heavy atom. The van der Waals surface area contributed by atoms with Gasteiger partial charge in [0.1, 0.15) is 5.82 Å². The van der Waals surface area contributed by atoms with Gasteiger partial charge in [0, 0.05) is 17.6 Å². The summed E-state index contributed by atoms with van der Waals surface area (Å²) in [6.45, 7) is 1.82. The molecule has 1 rings (SSSR count). The standard InChI is InChI=1S/C11H15BrFNO/c12-11-7-10(13)4-3-9(11)8-14-5-1-2-6-15/h3-4,7,14-15H,1-2,5-6,8H2. The molecule has 0 spiro atoms. The number of hydrogen-bond acceptors (Lipinski definition) is 2. The Balaban J connectivity index is 2.31. The lowest BCUT2D eigenvalue weighted by Crippen LogP contribution is -2.15. The second-order valence-electron chi connectivity index (χ2n) is 3.34. The molecule has 0 unspecified atom stereocenters. The highest BCUT2D eigenvalue weighted by Gasteiger charge is 2.00. The lowest BCUT2D eigenvalue weighted by atomic mass is 10.2. The number of benzene rings is 1. The molecule has 0 aromatic heterocycles. The summed E-state index contributed by atoms with van der Waals surface area (Å²) in [6.07, 6.45) is 1.77. The van der Waals surface area contributed by atoms with Gasteiger partial charge in [0.25, 0.3) is 0 Å². The molecule has 0 heterocycles. The molecule has 4 heteroatoms. The van der Waals surface area contributed by atoms with Gasteiger partial charge in [0.05, 0.1) is 0 Å². The van der Waals surface area contributed by atoms with E-state index in [-0.39, 0.29) is 12.4 Å². The summed E-state index contributed by atoms with van der Waals surface area (Å²) in [7, 11) is 0. The maximum absolute atomic E-state index is 12.8. The zero-order chi connectivity index (χ0) is 11.1. The summed E-state index contributed by atoms with van der Waals surface area (Å²) >= 11 is 3.31. The third-order valence-corrected chi connectivity index (χ3v) is 2.83. The minimum atomic E-state index is -0.231. The van der Waals surface area contributed by atoms with Crippen molar-refractivity contribution in [3.63, 3.8) is 0 Å². The predicted octanol–water partition coefficient (Wildman–Crippen LogP) is 2.45. The molecule has 1 aromatic rings. The first-order valence-electron chi connectivity index (χ1n) is 4.99. The third-order valence-electron chi connectivity index (χ3n) is 2.09. The molecule has 1 aromatic carbocycles. The fourth-order valence-electron chi connectivity index (χ4n) is 1.25. The first-order valence-corrected chi connectivity index (χ1v) is 5.79. The first kappa shape index (κ1) is 12.6. The van der Waals surface area contributed by atoms with Crippen LogP contribution in [0.4, 0.5) is 4.39 Å². The molecule has 0 fully saturated rings. The molecule has 0 bridgehead atoms. The van der Waals surface area contributed by atoms with E-state index >= 15 is 0 Å². The molecule has 15 heavy (non-hydrogen) atoms. The van der Waals surface area contributed by atoms with Crippen LogP contribution in [-0.2, 0) is 6.54 Å². The number of halogens is 2. The lowest BCUT2D eigenvalue weighted by molar-refractivity contribution is 0.283. The second-order valence-corrected chi connectivity index (χ2v) is 4.20. The zero-order valence-corrected chi connectivity index (χ0v) is 10.1.